The summed E-state index contributed by atoms with van der Waals surface area (Å²) >= 11 is 0. The molecule has 1 fully saturated rings. The molecule has 1 N–H and O–H groups in total. The molecule has 0 aromatic carbocycles. The molecule has 1 saturated heterocycles. The standard InChI is InChI=1S/C16H20N4O2/c1-11(12-4-3-6-17-8-12)19-16(21)14-5-7-22-15(14)13-9-18-20(2)10-13/h3-4,6,8-11,14-15H,5,7H2,1-2H3,(H,19,21)/t11-,14+,15-/m1/s1. The predicted octanol–water partition coefficient (Wildman–Crippen LogP) is 1.77. The van der Waals surface area contributed by atoms with Crippen LogP contribution in [-0.4, -0.2) is 27.3 Å². The van der Waals surface area contributed by atoms with Crippen LogP contribution in [-0.2, 0) is 16.6 Å². The van der Waals surface area contributed by atoms with E-state index in [-0.39, 0.29) is 24.0 Å². The molecule has 3 atom stereocenters. The van der Waals surface area contributed by atoms with Crippen molar-refractivity contribution in [2.24, 2.45) is 13.0 Å². The van der Waals surface area contributed by atoms with E-state index < -0.39 is 0 Å². The fraction of sp³-hybridized carbons (Fsp3) is 0.438. The van der Waals surface area contributed by atoms with Gasteiger partial charge in [-0.15, -0.1) is 0 Å². The zero-order valence-electron chi connectivity index (χ0n) is 12.8. The summed E-state index contributed by atoms with van der Waals surface area (Å²) in [5.74, 6) is -0.161. The van der Waals surface area contributed by atoms with Gasteiger partial charge in [-0.1, -0.05) is 6.07 Å². The van der Waals surface area contributed by atoms with Gasteiger partial charge in [0, 0.05) is 37.8 Å². The minimum atomic E-state index is -0.213. The highest BCUT2D eigenvalue weighted by Crippen LogP contribution is 2.34. The highest BCUT2D eigenvalue weighted by Gasteiger charge is 2.36. The quantitative estimate of drug-likeness (QED) is 0.934. The third-order valence-electron chi connectivity index (χ3n) is 4.03. The topological polar surface area (TPSA) is 69.0 Å². The smallest absolute Gasteiger partial charge is 0.226 e. The van der Waals surface area contributed by atoms with E-state index in [2.05, 4.69) is 15.4 Å². The molecular formula is C16H20N4O2. The molecule has 0 spiro atoms. The van der Waals surface area contributed by atoms with Gasteiger partial charge in [0.05, 0.1) is 24.3 Å². The Hall–Kier alpha value is -2.21. The fourth-order valence-corrected chi connectivity index (χ4v) is 2.81. The number of pyridine rings is 1. The average molecular weight is 300 g/mol. The van der Waals surface area contributed by atoms with Gasteiger partial charge in [-0.3, -0.25) is 14.5 Å². The number of rotatable bonds is 4. The minimum absolute atomic E-state index is 0.0164. The first-order valence-corrected chi connectivity index (χ1v) is 7.45. The second-order valence-electron chi connectivity index (χ2n) is 5.65. The Labute approximate surface area is 129 Å². The van der Waals surface area contributed by atoms with Gasteiger partial charge in [0.2, 0.25) is 5.91 Å². The molecule has 3 rings (SSSR count). The third-order valence-corrected chi connectivity index (χ3v) is 4.03. The molecule has 1 aliphatic rings. The monoisotopic (exact) mass is 300 g/mol. The largest absolute Gasteiger partial charge is 0.373 e. The molecule has 0 bridgehead atoms. The second kappa shape index (κ2) is 6.27. The fourth-order valence-electron chi connectivity index (χ4n) is 2.81. The predicted molar refractivity (Wildman–Crippen MR) is 80.8 cm³/mol. The highest BCUT2D eigenvalue weighted by molar-refractivity contribution is 5.80. The lowest BCUT2D eigenvalue weighted by Crippen LogP contribution is -2.34. The third kappa shape index (κ3) is 3.01. The maximum atomic E-state index is 12.6. The van der Waals surface area contributed by atoms with E-state index in [1.54, 1.807) is 23.3 Å². The molecule has 0 unspecified atom stereocenters. The molecule has 3 heterocycles. The maximum Gasteiger partial charge on any atom is 0.226 e. The van der Waals surface area contributed by atoms with Crippen LogP contribution in [0, 0.1) is 5.92 Å². The van der Waals surface area contributed by atoms with Gasteiger partial charge in [0.1, 0.15) is 0 Å². The summed E-state index contributed by atoms with van der Waals surface area (Å²) in [6.45, 7) is 2.56. The summed E-state index contributed by atoms with van der Waals surface area (Å²) in [6, 6.07) is 3.76. The van der Waals surface area contributed by atoms with Crippen molar-refractivity contribution in [2.75, 3.05) is 6.61 Å². The molecule has 22 heavy (non-hydrogen) atoms. The van der Waals surface area contributed by atoms with Crippen LogP contribution in [0.15, 0.2) is 36.9 Å². The Morgan fingerprint density at radius 3 is 3.05 bits per heavy atom. The number of ether oxygens (including phenoxy) is 1. The molecule has 6 nitrogen and oxygen atoms in total. The zero-order valence-corrected chi connectivity index (χ0v) is 12.8. The van der Waals surface area contributed by atoms with Gasteiger partial charge < -0.3 is 10.1 Å². The van der Waals surface area contributed by atoms with Crippen LogP contribution in [0.5, 0.6) is 0 Å². The number of nitrogens with zero attached hydrogens (tertiary/aromatic N) is 3. The highest BCUT2D eigenvalue weighted by atomic mass is 16.5. The van der Waals surface area contributed by atoms with Gasteiger partial charge in [-0.2, -0.15) is 5.10 Å². The molecule has 2 aromatic heterocycles. The summed E-state index contributed by atoms with van der Waals surface area (Å²) in [6.07, 6.45) is 7.68. The molecule has 2 aromatic rings. The second-order valence-corrected chi connectivity index (χ2v) is 5.65. The molecule has 116 valence electrons. The van der Waals surface area contributed by atoms with Gasteiger partial charge in [-0.05, 0) is 25.0 Å². The van der Waals surface area contributed by atoms with Gasteiger partial charge in [0.15, 0.2) is 0 Å². The van der Waals surface area contributed by atoms with E-state index >= 15 is 0 Å². The lowest BCUT2D eigenvalue weighted by molar-refractivity contribution is -0.127. The molecule has 0 aliphatic carbocycles. The molecule has 1 amide bonds. The van der Waals surface area contributed by atoms with E-state index in [9.17, 15) is 4.79 Å². The van der Waals surface area contributed by atoms with Crippen LogP contribution in [0.1, 0.15) is 36.6 Å². The first-order valence-electron chi connectivity index (χ1n) is 7.45. The Morgan fingerprint density at radius 2 is 2.36 bits per heavy atom. The number of hydrogen-bond donors (Lipinski definition) is 1. The molecule has 0 saturated carbocycles. The van der Waals surface area contributed by atoms with E-state index in [4.69, 9.17) is 4.74 Å². The first-order chi connectivity index (χ1) is 10.6. The van der Waals surface area contributed by atoms with Crippen molar-refractivity contribution in [2.45, 2.75) is 25.5 Å². The van der Waals surface area contributed by atoms with Crippen LogP contribution >= 0.6 is 0 Å². The minimum Gasteiger partial charge on any atom is -0.373 e. The molecule has 1 aliphatic heterocycles. The maximum absolute atomic E-state index is 12.6. The Bertz CT molecular complexity index is 641. The van der Waals surface area contributed by atoms with Crippen molar-refractivity contribution in [1.29, 1.82) is 0 Å². The van der Waals surface area contributed by atoms with Crippen LogP contribution in [0.4, 0.5) is 0 Å². The lowest BCUT2D eigenvalue weighted by atomic mass is 9.96. The van der Waals surface area contributed by atoms with Crippen LogP contribution in [0.3, 0.4) is 0 Å². The normalized spacial score (nSPS) is 22.5. The van der Waals surface area contributed by atoms with Crippen molar-refractivity contribution < 1.29 is 9.53 Å². The van der Waals surface area contributed by atoms with Gasteiger partial charge in [-0.25, -0.2) is 0 Å². The van der Waals surface area contributed by atoms with Crippen LogP contribution in [0.2, 0.25) is 0 Å². The summed E-state index contributed by atoms with van der Waals surface area (Å²) in [4.78, 5) is 16.7. The molecular weight excluding hydrogens is 280 g/mol. The van der Waals surface area contributed by atoms with Crippen molar-refractivity contribution in [3.63, 3.8) is 0 Å². The van der Waals surface area contributed by atoms with Crippen molar-refractivity contribution in [1.82, 2.24) is 20.1 Å². The number of carbonyl (C=O) groups excluding carboxylic acids is 1. The van der Waals surface area contributed by atoms with Crippen molar-refractivity contribution in [3.05, 3.63) is 48.0 Å². The number of carbonyl (C=O) groups is 1. The zero-order chi connectivity index (χ0) is 15.5. The Morgan fingerprint density at radius 1 is 1.50 bits per heavy atom. The van der Waals surface area contributed by atoms with Crippen LogP contribution < -0.4 is 5.32 Å². The SMILES string of the molecule is C[C@@H](NC(=O)[C@H]1CCO[C@@H]1c1cnn(C)c1)c1cccnc1. The van der Waals surface area contributed by atoms with Gasteiger partial charge in [0.25, 0.3) is 0 Å². The van der Waals surface area contributed by atoms with Crippen molar-refractivity contribution >= 4 is 5.91 Å². The van der Waals surface area contributed by atoms with Crippen molar-refractivity contribution in [3.8, 4) is 0 Å². The number of amides is 1. The summed E-state index contributed by atoms with van der Waals surface area (Å²) < 4.78 is 7.47. The number of hydrogen-bond acceptors (Lipinski definition) is 4. The van der Waals surface area contributed by atoms with E-state index in [0.29, 0.717) is 6.61 Å². The Kier molecular flexibility index (Phi) is 4.20. The Balaban J connectivity index is 1.69. The van der Waals surface area contributed by atoms with E-state index in [1.807, 2.05) is 32.3 Å². The lowest BCUT2D eigenvalue weighted by Gasteiger charge is -2.20. The van der Waals surface area contributed by atoms with E-state index in [0.717, 1.165) is 17.5 Å². The molecule has 0 radical (unpaired) electrons. The van der Waals surface area contributed by atoms with Gasteiger partial charge >= 0.3 is 0 Å². The summed E-state index contributed by atoms with van der Waals surface area (Å²) in [5.41, 5.74) is 1.95. The average Bonchev–Trinajstić information content (AvgIpc) is 3.16. The van der Waals surface area contributed by atoms with Crippen LogP contribution in [0.25, 0.3) is 0 Å². The summed E-state index contributed by atoms with van der Waals surface area (Å²) in [7, 11) is 1.86. The number of aromatic nitrogens is 3. The van der Waals surface area contributed by atoms with E-state index in [1.165, 1.54) is 0 Å². The first kappa shape index (κ1) is 14.7. The number of aryl methyl sites for hydroxylation is 1. The molecule has 6 heteroatoms. The summed E-state index contributed by atoms with van der Waals surface area (Å²) in [5, 5.41) is 7.22. The number of nitrogens with one attached hydrogen (secondary N) is 1.